The fourth-order valence-electron chi connectivity index (χ4n) is 2.04. The van der Waals surface area contributed by atoms with Gasteiger partial charge in [-0.25, -0.2) is 4.39 Å². The van der Waals surface area contributed by atoms with E-state index in [2.05, 4.69) is 5.32 Å². The summed E-state index contributed by atoms with van der Waals surface area (Å²) in [5.74, 6) is -0.159. The van der Waals surface area contributed by atoms with Crippen molar-refractivity contribution in [2.75, 3.05) is 26.9 Å². The van der Waals surface area contributed by atoms with Gasteiger partial charge in [-0.3, -0.25) is 0 Å². The van der Waals surface area contributed by atoms with Gasteiger partial charge in [0, 0.05) is 13.2 Å². The van der Waals surface area contributed by atoms with E-state index < -0.39 is 6.29 Å². The van der Waals surface area contributed by atoms with Gasteiger partial charge < -0.3 is 19.5 Å². The van der Waals surface area contributed by atoms with E-state index in [-0.39, 0.29) is 17.6 Å². The molecule has 1 rings (SSSR count). The number of hydrogen-bond acceptors (Lipinski definition) is 4. The minimum absolute atomic E-state index is 0.222. The lowest BCUT2D eigenvalue weighted by atomic mass is 10.1. The van der Waals surface area contributed by atoms with E-state index >= 15 is 0 Å². The zero-order valence-electron chi connectivity index (χ0n) is 12.6. The Morgan fingerprint density at radius 1 is 1.15 bits per heavy atom. The molecule has 1 atom stereocenters. The highest BCUT2D eigenvalue weighted by Crippen LogP contribution is 2.25. The van der Waals surface area contributed by atoms with Crippen LogP contribution in [0, 0.1) is 5.82 Å². The predicted octanol–water partition coefficient (Wildman–Crippen LogP) is 2.88. The lowest BCUT2D eigenvalue weighted by Gasteiger charge is -2.28. The topological polar surface area (TPSA) is 39.7 Å². The van der Waals surface area contributed by atoms with Crippen LogP contribution in [0.1, 0.15) is 32.4 Å². The van der Waals surface area contributed by atoms with Gasteiger partial charge in [0.25, 0.3) is 0 Å². The zero-order chi connectivity index (χ0) is 15.0. The van der Waals surface area contributed by atoms with Crippen molar-refractivity contribution < 1.29 is 18.6 Å². The summed E-state index contributed by atoms with van der Waals surface area (Å²) in [5, 5.41) is 3.28. The van der Waals surface area contributed by atoms with Gasteiger partial charge in [-0.15, -0.1) is 0 Å². The maximum Gasteiger partial charge on any atom is 0.176 e. The molecule has 0 aromatic heterocycles. The van der Waals surface area contributed by atoms with E-state index in [0.29, 0.717) is 13.2 Å². The van der Waals surface area contributed by atoms with Crippen LogP contribution in [-0.2, 0) is 9.47 Å². The van der Waals surface area contributed by atoms with Crippen molar-refractivity contribution >= 4 is 0 Å². The standard InChI is InChI=1S/C15H24FNO3/c1-5-17-14(15(19-6-2)20-7-3)11-8-9-13(18-4)12(16)10-11/h8-10,14-15,17H,5-7H2,1-4H3. The fraction of sp³-hybridized carbons (Fsp3) is 0.600. The van der Waals surface area contributed by atoms with Crippen molar-refractivity contribution in [1.29, 1.82) is 0 Å². The quantitative estimate of drug-likeness (QED) is 0.708. The van der Waals surface area contributed by atoms with Crippen LogP contribution in [0.2, 0.25) is 0 Å². The Hall–Kier alpha value is -1.17. The highest BCUT2D eigenvalue weighted by molar-refractivity contribution is 5.31. The average Bonchev–Trinajstić information content (AvgIpc) is 2.44. The Bertz CT molecular complexity index is 395. The van der Waals surface area contributed by atoms with Gasteiger partial charge in [0.05, 0.1) is 13.2 Å². The summed E-state index contributed by atoms with van der Waals surface area (Å²) >= 11 is 0. The van der Waals surface area contributed by atoms with Gasteiger partial charge in [0.2, 0.25) is 0 Å². The number of halogens is 1. The minimum atomic E-state index is -0.447. The number of rotatable bonds is 9. The molecule has 1 unspecified atom stereocenters. The van der Waals surface area contributed by atoms with Crippen LogP contribution < -0.4 is 10.1 Å². The number of ether oxygens (including phenoxy) is 3. The van der Waals surface area contributed by atoms with Crippen molar-refractivity contribution in [2.45, 2.75) is 33.1 Å². The SMILES string of the molecule is CCNC(c1ccc(OC)c(F)c1)C(OCC)OCC. The molecule has 0 amide bonds. The van der Waals surface area contributed by atoms with Crippen LogP contribution in [-0.4, -0.2) is 33.2 Å². The third-order valence-electron chi connectivity index (χ3n) is 2.89. The van der Waals surface area contributed by atoms with Crippen molar-refractivity contribution in [3.63, 3.8) is 0 Å². The molecule has 0 radical (unpaired) electrons. The van der Waals surface area contributed by atoms with Crippen molar-refractivity contribution in [3.8, 4) is 5.75 Å². The van der Waals surface area contributed by atoms with E-state index in [4.69, 9.17) is 14.2 Å². The first-order chi connectivity index (χ1) is 9.67. The predicted molar refractivity (Wildman–Crippen MR) is 76.4 cm³/mol. The van der Waals surface area contributed by atoms with Crippen LogP contribution in [0.15, 0.2) is 18.2 Å². The van der Waals surface area contributed by atoms with E-state index in [1.807, 2.05) is 26.8 Å². The van der Waals surface area contributed by atoms with Crippen LogP contribution in [0.5, 0.6) is 5.75 Å². The average molecular weight is 285 g/mol. The minimum Gasteiger partial charge on any atom is -0.494 e. The normalized spacial score (nSPS) is 12.7. The molecule has 4 nitrogen and oxygen atoms in total. The molecule has 0 heterocycles. The lowest BCUT2D eigenvalue weighted by molar-refractivity contribution is -0.155. The second kappa shape index (κ2) is 8.89. The summed E-state index contributed by atoms with van der Waals surface area (Å²) in [6.45, 7) is 7.60. The summed E-state index contributed by atoms with van der Waals surface area (Å²) in [7, 11) is 1.45. The summed E-state index contributed by atoms with van der Waals surface area (Å²) in [4.78, 5) is 0. The Balaban J connectivity index is 3.01. The van der Waals surface area contributed by atoms with Gasteiger partial charge in [0.15, 0.2) is 17.9 Å². The molecule has 0 saturated carbocycles. The van der Waals surface area contributed by atoms with Crippen LogP contribution in [0.3, 0.4) is 0 Å². The maximum atomic E-state index is 13.9. The molecule has 1 aromatic carbocycles. The van der Waals surface area contributed by atoms with Gasteiger partial charge in [-0.2, -0.15) is 0 Å². The third-order valence-corrected chi connectivity index (χ3v) is 2.89. The molecule has 0 saturated heterocycles. The van der Waals surface area contributed by atoms with Gasteiger partial charge in [-0.05, 0) is 38.1 Å². The Morgan fingerprint density at radius 2 is 1.80 bits per heavy atom. The monoisotopic (exact) mass is 285 g/mol. The first kappa shape index (κ1) is 16.9. The molecule has 20 heavy (non-hydrogen) atoms. The fourth-order valence-corrected chi connectivity index (χ4v) is 2.04. The van der Waals surface area contributed by atoms with Gasteiger partial charge >= 0.3 is 0 Å². The number of hydrogen-bond donors (Lipinski definition) is 1. The zero-order valence-corrected chi connectivity index (χ0v) is 12.6. The number of methoxy groups -OCH3 is 1. The summed E-state index contributed by atoms with van der Waals surface area (Å²) in [6.07, 6.45) is -0.447. The molecule has 0 fully saturated rings. The molecular formula is C15H24FNO3. The molecule has 0 aliphatic heterocycles. The van der Waals surface area contributed by atoms with Gasteiger partial charge in [-0.1, -0.05) is 13.0 Å². The second-order valence-corrected chi connectivity index (χ2v) is 4.21. The Labute approximate surface area is 120 Å². The largest absolute Gasteiger partial charge is 0.494 e. The van der Waals surface area contributed by atoms with Crippen LogP contribution >= 0.6 is 0 Å². The summed E-state index contributed by atoms with van der Waals surface area (Å²) in [5.41, 5.74) is 0.775. The van der Waals surface area contributed by atoms with Crippen molar-refractivity contribution in [1.82, 2.24) is 5.32 Å². The number of benzene rings is 1. The smallest absolute Gasteiger partial charge is 0.176 e. The lowest BCUT2D eigenvalue weighted by Crippen LogP contribution is -2.36. The highest BCUT2D eigenvalue weighted by atomic mass is 19.1. The molecule has 0 aliphatic rings. The number of nitrogens with one attached hydrogen (secondary N) is 1. The highest BCUT2D eigenvalue weighted by Gasteiger charge is 2.24. The van der Waals surface area contributed by atoms with Crippen LogP contribution in [0.4, 0.5) is 4.39 Å². The number of likely N-dealkylation sites (N-methyl/N-ethyl adjacent to an activating group) is 1. The molecule has 1 aromatic rings. The Morgan fingerprint density at radius 3 is 2.25 bits per heavy atom. The summed E-state index contributed by atoms with van der Waals surface area (Å²) < 4.78 is 30.0. The third kappa shape index (κ3) is 4.44. The first-order valence-electron chi connectivity index (χ1n) is 6.97. The Kier molecular flexibility index (Phi) is 7.51. The molecular weight excluding hydrogens is 261 g/mol. The van der Waals surface area contributed by atoms with E-state index in [1.165, 1.54) is 13.2 Å². The van der Waals surface area contributed by atoms with E-state index in [0.717, 1.165) is 12.1 Å². The molecule has 1 N–H and O–H groups in total. The molecule has 114 valence electrons. The maximum absolute atomic E-state index is 13.9. The molecule has 0 bridgehead atoms. The molecule has 0 spiro atoms. The molecule has 0 aliphatic carbocycles. The van der Waals surface area contributed by atoms with Gasteiger partial charge in [0.1, 0.15) is 0 Å². The van der Waals surface area contributed by atoms with Crippen molar-refractivity contribution in [2.24, 2.45) is 0 Å². The summed E-state index contributed by atoms with van der Waals surface area (Å²) in [6, 6.07) is 4.67. The molecule has 5 heteroatoms. The second-order valence-electron chi connectivity index (χ2n) is 4.21. The van der Waals surface area contributed by atoms with E-state index in [1.54, 1.807) is 6.07 Å². The van der Waals surface area contributed by atoms with Crippen molar-refractivity contribution in [3.05, 3.63) is 29.6 Å². The first-order valence-corrected chi connectivity index (χ1v) is 6.97. The van der Waals surface area contributed by atoms with E-state index in [9.17, 15) is 4.39 Å². The van der Waals surface area contributed by atoms with Crippen LogP contribution in [0.25, 0.3) is 0 Å².